The summed E-state index contributed by atoms with van der Waals surface area (Å²) in [5, 5.41) is 7.51. The fourth-order valence-corrected chi connectivity index (χ4v) is 1.30. The molecule has 11 heavy (non-hydrogen) atoms. The second-order valence-corrected chi connectivity index (χ2v) is 4.00. The van der Waals surface area contributed by atoms with E-state index in [1.54, 1.807) is 0 Å². The summed E-state index contributed by atoms with van der Waals surface area (Å²) < 4.78 is 0. The van der Waals surface area contributed by atoms with Gasteiger partial charge in [0.25, 0.3) is 0 Å². The van der Waals surface area contributed by atoms with Crippen molar-refractivity contribution >= 4 is 15.9 Å². The first-order valence-corrected chi connectivity index (χ1v) is 4.40. The number of nitrogens with one attached hydrogen (secondary N) is 2. The average molecular weight is 215 g/mol. The van der Waals surface area contributed by atoms with Gasteiger partial charge in [-0.25, -0.2) is 0 Å². The minimum atomic E-state index is 0.242. The maximum atomic E-state index is 7.51. The molecule has 0 aliphatic heterocycles. The maximum absolute atomic E-state index is 7.51. The molecule has 0 fully saturated rings. The van der Waals surface area contributed by atoms with E-state index in [0.29, 0.717) is 5.49 Å². The van der Waals surface area contributed by atoms with Gasteiger partial charge in [-0.15, -0.1) is 0 Å². The molecule has 0 aromatic carbocycles. The molecule has 1 aromatic rings. The van der Waals surface area contributed by atoms with Crippen molar-refractivity contribution in [3.63, 3.8) is 0 Å². The maximum Gasteiger partial charge on any atom is 0.126 e. The first kappa shape index (κ1) is 8.53. The molecule has 2 N–H and O–H groups in total. The predicted octanol–water partition coefficient (Wildman–Crippen LogP) is 2.26. The van der Waals surface area contributed by atoms with Crippen LogP contribution in [0.15, 0.2) is 12.3 Å². The average Bonchev–Trinajstić information content (AvgIpc) is 1.94. The van der Waals surface area contributed by atoms with Crippen molar-refractivity contribution in [1.29, 1.82) is 5.41 Å². The Morgan fingerprint density at radius 2 is 2.27 bits per heavy atom. The van der Waals surface area contributed by atoms with Gasteiger partial charge in [-0.1, -0.05) is 15.9 Å². The van der Waals surface area contributed by atoms with E-state index in [2.05, 4.69) is 20.9 Å². The van der Waals surface area contributed by atoms with Crippen LogP contribution in [0.2, 0.25) is 0 Å². The van der Waals surface area contributed by atoms with Crippen molar-refractivity contribution in [1.82, 2.24) is 4.98 Å². The number of aromatic amines is 1. The fourth-order valence-electron chi connectivity index (χ4n) is 0.942. The number of pyridine rings is 1. The Balaban J connectivity index is 3.24. The molecule has 0 saturated heterocycles. The third-order valence-corrected chi connectivity index (χ3v) is 2.04. The molecular weight excluding hydrogens is 204 g/mol. The number of aromatic nitrogens is 1. The van der Waals surface area contributed by atoms with Gasteiger partial charge >= 0.3 is 0 Å². The lowest BCUT2D eigenvalue weighted by atomic mass is 10.2. The van der Waals surface area contributed by atoms with Crippen LogP contribution in [0.5, 0.6) is 0 Å². The minimum absolute atomic E-state index is 0.242. The van der Waals surface area contributed by atoms with E-state index < -0.39 is 0 Å². The highest BCUT2D eigenvalue weighted by Gasteiger charge is 2.02. The van der Waals surface area contributed by atoms with Crippen LogP contribution in [0.4, 0.5) is 0 Å². The van der Waals surface area contributed by atoms with E-state index in [0.717, 1.165) is 11.1 Å². The fraction of sp³-hybridized carbons (Fsp3) is 0.375. The summed E-state index contributed by atoms with van der Waals surface area (Å²) in [6, 6.07) is 2.01. The zero-order chi connectivity index (χ0) is 8.43. The molecule has 1 heterocycles. The second kappa shape index (κ2) is 3.22. The first-order valence-electron chi connectivity index (χ1n) is 3.49. The summed E-state index contributed by atoms with van der Waals surface area (Å²) in [5.41, 5.74) is 2.65. The summed E-state index contributed by atoms with van der Waals surface area (Å²) in [7, 11) is 0. The smallest absolute Gasteiger partial charge is 0.126 e. The van der Waals surface area contributed by atoms with Crippen LogP contribution < -0.4 is 5.49 Å². The summed E-state index contributed by atoms with van der Waals surface area (Å²) in [6.45, 7) is 4.02. The molecule has 0 radical (unpaired) electrons. The zero-order valence-electron chi connectivity index (χ0n) is 6.61. The number of hydrogen-bond donors (Lipinski definition) is 2. The predicted molar refractivity (Wildman–Crippen MR) is 48.7 cm³/mol. The summed E-state index contributed by atoms with van der Waals surface area (Å²) in [5.74, 6) is 0. The van der Waals surface area contributed by atoms with Gasteiger partial charge in [-0.2, -0.15) is 0 Å². The number of H-pyrrole nitrogens is 1. The normalized spacial score (nSPS) is 13.0. The van der Waals surface area contributed by atoms with Gasteiger partial charge in [0, 0.05) is 16.6 Å². The number of alkyl halides is 1. The largest absolute Gasteiger partial charge is 0.347 e. The van der Waals surface area contributed by atoms with Crippen LogP contribution >= 0.6 is 15.9 Å². The lowest BCUT2D eigenvalue weighted by Crippen LogP contribution is -2.12. The van der Waals surface area contributed by atoms with Gasteiger partial charge < -0.3 is 4.98 Å². The molecule has 0 aliphatic rings. The molecule has 1 atom stereocenters. The first-order chi connectivity index (χ1) is 5.11. The summed E-state index contributed by atoms with van der Waals surface area (Å²) in [6.07, 6.45) is 1.83. The van der Waals surface area contributed by atoms with Crippen LogP contribution in [0.1, 0.15) is 22.9 Å². The lowest BCUT2D eigenvalue weighted by molar-refractivity contribution is 0.975. The Kier molecular flexibility index (Phi) is 2.49. The van der Waals surface area contributed by atoms with Gasteiger partial charge in [0.05, 0.1) is 0 Å². The highest BCUT2D eigenvalue weighted by atomic mass is 79.9. The van der Waals surface area contributed by atoms with E-state index in [1.807, 2.05) is 26.1 Å². The van der Waals surface area contributed by atoms with Crippen molar-refractivity contribution in [2.24, 2.45) is 0 Å². The molecule has 0 spiro atoms. The van der Waals surface area contributed by atoms with Crippen LogP contribution in [0.25, 0.3) is 0 Å². The number of halogens is 1. The SMILES string of the molecule is Cc1c[nH]c(=N)c(C(C)Br)c1. The van der Waals surface area contributed by atoms with Gasteiger partial charge in [0.15, 0.2) is 0 Å². The molecule has 0 bridgehead atoms. The van der Waals surface area contributed by atoms with Gasteiger partial charge in [-0.3, -0.25) is 5.41 Å². The molecule has 1 unspecified atom stereocenters. The molecule has 1 rings (SSSR count). The number of hydrogen-bond acceptors (Lipinski definition) is 1. The standard InChI is InChI=1S/C8H11BrN2/c1-5-3-7(6(2)9)8(10)11-4-5/h3-4,6H,1-2H3,(H2,10,11). The van der Waals surface area contributed by atoms with Crippen molar-refractivity contribution in [3.05, 3.63) is 28.9 Å². The van der Waals surface area contributed by atoms with Crippen molar-refractivity contribution in [2.45, 2.75) is 18.7 Å². The van der Waals surface area contributed by atoms with E-state index in [-0.39, 0.29) is 4.83 Å². The topological polar surface area (TPSA) is 39.6 Å². The summed E-state index contributed by atoms with van der Waals surface area (Å²) >= 11 is 3.43. The quantitative estimate of drug-likeness (QED) is 0.674. The Bertz CT molecular complexity index is 301. The zero-order valence-corrected chi connectivity index (χ0v) is 8.20. The minimum Gasteiger partial charge on any atom is -0.347 e. The number of aryl methyl sites for hydroxylation is 1. The van der Waals surface area contributed by atoms with E-state index in [1.165, 1.54) is 0 Å². The van der Waals surface area contributed by atoms with Crippen molar-refractivity contribution in [3.8, 4) is 0 Å². The van der Waals surface area contributed by atoms with E-state index >= 15 is 0 Å². The second-order valence-electron chi connectivity index (χ2n) is 2.62. The van der Waals surface area contributed by atoms with Gasteiger partial charge in [0.2, 0.25) is 0 Å². The third kappa shape index (κ3) is 1.93. The third-order valence-electron chi connectivity index (χ3n) is 1.54. The van der Waals surface area contributed by atoms with Crippen LogP contribution in [0, 0.1) is 12.3 Å². The molecule has 1 aromatic heterocycles. The lowest BCUT2D eigenvalue weighted by Gasteiger charge is -2.03. The highest BCUT2D eigenvalue weighted by Crippen LogP contribution is 2.17. The van der Waals surface area contributed by atoms with Crippen molar-refractivity contribution in [2.75, 3.05) is 0 Å². The van der Waals surface area contributed by atoms with Gasteiger partial charge in [0.1, 0.15) is 5.49 Å². The molecule has 60 valence electrons. The van der Waals surface area contributed by atoms with E-state index in [4.69, 9.17) is 5.41 Å². The molecular formula is C8H11BrN2. The molecule has 0 saturated carbocycles. The number of rotatable bonds is 1. The van der Waals surface area contributed by atoms with Gasteiger partial charge in [-0.05, 0) is 25.5 Å². The van der Waals surface area contributed by atoms with Crippen LogP contribution in [-0.2, 0) is 0 Å². The van der Waals surface area contributed by atoms with Crippen LogP contribution in [-0.4, -0.2) is 4.98 Å². The molecule has 0 amide bonds. The Morgan fingerprint density at radius 1 is 1.64 bits per heavy atom. The Hall–Kier alpha value is -0.570. The molecule has 3 heteroatoms. The Labute approximate surface area is 74.3 Å². The van der Waals surface area contributed by atoms with Crippen molar-refractivity contribution < 1.29 is 0 Å². The monoisotopic (exact) mass is 214 g/mol. The van der Waals surface area contributed by atoms with Crippen LogP contribution in [0.3, 0.4) is 0 Å². The summed E-state index contributed by atoms with van der Waals surface area (Å²) in [4.78, 5) is 3.13. The highest BCUT2D eigenvalue weighted by molar-refractivity contribution is 9.09. The van der Waals surface area contributed by atoms with E-state index in [9.17, 15) is 0 Å². The molecule has 2 nitrogen and oxygen atoms in total. The molecule has 0 aliphatic carbocycles. The Morgan fingerprint density at radius 3 is 2.73 bits per heavy atom.